The second-order valence-electron chi connectivity index (χ2n) is 5.60. The van der Waals surface area contributed by atoms with Crippen molar-refractivity contribution >= 4 is 23.5 Å². The van der Waals surface area contributed by atoms with Crippen LogP contribution in [0.5, 0.6) is 0 Å². The van der Waals surface area contributed by atoms with E-state index in [2.05, 4.69) is 10.1 Å². The number of methoxy groups -OCH3 is 1. The van der Waals surface area contributed by atoms with Gasteiger partial charge in [-0.2, -0.15) is 0 Å². The molecule has 0 saturated heterocycles. The molecule has 1 atom stereocenters. The molecule has 0 unspecified atom stereocenters. The van der Waals surface area contributed by atoms with Crippen molar-refractivity contribution in [1.29, 1.82) is 0 Å². The molecule has 0 heterocycles. The van der Waals surface area contributed by atoms with Crippen LogP contribution in [0.3, 0.4) is 0 Å². The molecule has 6 heteroatoms. The van der Waals surface area contributed by atoms with Gasteiger partial charge < -0.3 is 14.8 Å². The smallest absolute Gasteiger partial charge is 0.337 e. The fourth-order valence-electron chi connectivity index (χ4n) is 2.47. The number of rotatable bonds is 7. The van der Waals surface area contributed by atoms with Crippen LogP contribution in [-0.4, -0.2) is 31.6 Å². The first-order valence-corrected chi connectivity index (χ1v) is 8.25. The van der Waals surface area contributed by atoms with E-state index in [0.29, 0.717) is 17.7 Å². The maximum absolute atomic E-state index is 12.2. The van der Waals surface area contributed by atoms with Crippen LogP contribution in [0.15, 0.2) is 54.6 Å². The molecule has 0 fully saturated rings. The van der Waals surface area contributed by atoms with Crippen molar-refractivity contribution in [3.05, 3.63) is 65.7 Å². The van der Waals surface area contributed by atoms with E-state index >= 15 is 0 Å². The Morgan fingerprint density at radius 3 is 2.23 bits per heavy atom. The van der Waals surface area contributed by atoms with Crippen LogP contribution in [-0.2, 0) is 19.1 Å². The summed E-state index contributed by atoms with van der Waals surface area (Å²) < 4.78 is 9.75. The normalized spacial score (nSPS) is 11.3. The van der Waals surface area contributed by atoms with Crippen LogP contribution in [0.1, 0.15) is 35.2 Å². The number of hydrogen-bond acceptors (Lipinski definition) is 5. The van der Waals surface area contributed by atoms with Crippen LogP contribution in [0.25, 0.3) is 0 Å². The summed E-state index contributed by atoms with van der Waals surface area (Å²) >= 11 is 0. The number of esters is 2. The van der Waals surface area contributed by atoms with Crippen molar-refractivity contribution < 1.29 is 23.9 Å². The summed E-state index contributed by atoms with van der Waals surface area (Å²) in [6.07, 6.45) is 0.583. The highest BCUT2D eigenvalue weighted by Crippen LogP contribution is 2.20. The van der Waals surface area contributed by atoms with E-state index in [-0.39, 0.29) is 6.61 Å². The van der Waals surface area contributed by atoms with Crippen LogP contribution < -0.4 is 5.32 Å². The summed E-state index contributed by atoms with van der Waals surface area (Å²) in [5.41, 5.74) is 1.73. The molecular formula is C20H21NO5. The van der Waals surface area contributed by atoms with E-state index < -0.39 is 23.8 Å². The summed E-state index contributed by atoms with van der Waals surface area (Å²) in [4.78, 5) is 35.6. The Labute approximate surface area is 152 Å². The van der Waals surface area contributed by atoms with Gasteiger partial charge in [-0.25, -0.2) is 4.79 Å². The van der Waals surface area contributed by atoms with Gasteiger partial charge in [-0.1, -0.05) is 37.3 Å². The highest BCUT2D eigenvalue weighted by molar-refractivity contribution is 5.94. The fraction of sp³-hybridized carbons (Fsp3) is 0.250. The Bertz CT molecular complexity index is 756. The molecule has 2 rings (SSSR count). The standard InChI is InChI=1S/C20H21NO5/c1-3-17(14-7-5-4-6-8-14)20(24)26-13-18(22)21-16-11-9-15(10-12-16)19(23)25-2/h4-12,17H,3,13H2,1-2H3,(H,21,22)/t17-/m1/s1. The molecule has 26 heavy (non-hydrogen) atoms. The van der Waals surface area contributed by atoms with Gasteiger partial charge in [0.2, 0.25) is 0 Å². The molecule has 2 aromatic carbocycles. The molecule has 0 bridgehead atoms. The molecule has 0 aliphatic rings. The van der Waals surface area contributed by atoms with Crippen LogP contribution in [0.4, 0.5) is 5.69 Å². The molecule has 1 N–H and O–H groups in total. The predicted molar refractivity (Wildman–Crippen MR) is 96.8 cm³/mol. The number of benzene rings is 2. The summed E-state index contributed by atoms with van der Waals surface area (Å²) in [5.74, 6) is -1.74. The lowest BCUT2D eigenvalue weighted by molar-refractivity contribution is -0.149. The third kappa shape index (κ3) is 5.17. The number of anilines is 1. The molecule has 0 saturated carbocycles. The lowest BCUT2D eigenvalue weighted by atomic mass is 9.97. The maximum atomic E-state index is 12.2. The Hall–Kier alpha value is -3.15. The Morgan fingerprint density at radius 1 is 1.00 bits per heavy atom. The average molecular weight is 355 g/mol. The van der Waals surface area contributed by atoms with E-state index in [4.69, 9.17) is 4.74 Å². The maximum Gasteiger partial charge on any atom is 0.337 e. The predicted octanol–water partition coefficient (Wildman–Crippen LogP) is 3.15. The SMILES string of the molecule is CC[C@@H](C(=O)OCC(=O)Nc1ccc(C(=O)OC)cc1)c1ccccc1. The first kappa shape index (κ1) is 19.2. The van der Waals surface area contributed by atoms with Gasteiger partial charge in [0.15, 0.2) is 6.61 Å². The summed E-state index contributed by atoms with van der Waals surface area (Å²) in [6.45, 7) is 1.52. The molecule has 136 valence electrons. The number of ether oxygens (including phenoxy) is 2. The molecule has 2 aromatic rings. The quantitative estimate of drug-likeness (QED) is 0.772. The zero-order valence-electron chi connectivity index (χ0n) is 14.7. The topological polar surface area (TPSA) is 81.7 Å². The van der Waals surface area contributed by atoms with Crippen molar-refractivity contribution in [2.45, 2.75) is 19.3 Å². The molecule has 0 aliphatic heterocycles. The van der Waals surface area contributed by atoms with Gasteiger partial charge in [0, 0.05) is 5.69 Å². The zero-order valence-corrected chi connectivity index (χ0v) is 14.7. The van der Waals surface area contributed by atoms with E-state index in [9.17, 15) is 14.4 Å². The first-order valence-electron chi connectivity index (χ1n) is 8.25. The Kier molecular flexibility index (Phi) is 6.91. The number of amides is 1. The third-order valence-electron chi connectivity index (χ3n) is 3.83. The monoisotopic (exact) mass is 355 g/mol. The second-order valence-corrected chi connectivity index (χ2v) is 5.60. The summed E-state index contributed by atoms with van der Waals surface area (Å²) in [7, 11) is 1.30. The van der Waals surface area contributed by atoms with Gasteiger partial charge in [0.05, 0.1) is 18.6 Å². The molecule has 0 radical (unpaired) electrons. The fourth-order valence-corrected chi connectivity index (χ4v) is 2.47. The minimum atomic E-state index is -0.455. The molecule has 0 aliphatic carbocycles. The number of hydrogen-bond donors (Lipinski definition) is 1. The van der Waals surface area contributed by atoms with Crippen molar-refractivity contribution in [2.24, 2.45) is 0 Å². The highest BCUT2D eigenvalue weighted by Gasteiger charge is 2.21. The molecule has 0 aromatic heterocycles. The van der Waals surface area contributed by atoms with Crippen molar-refractivity contribution in [3.8, 4) is 0 Å². The minimum absolute atomic E-state index is 0.374. The van der Waals surface area contributed by atoms with Crippen molar-refractivity contribution in [1.82, 2.24) is 0 Å². The van der Waals surface area contributed by atoms with Gasteiger partial charge in [-0.15, -0.1) is 0 Å². The van der Waals surface area contributed by atoms with Crippen molar-refractivity contribution in [2.75, 3.05) is 19.0 Å². The number of carbonyl (C=O) groups excluding carboxylic acids is 3. The summed E-state index contributed by atoms with van der Waals surface area (Å²) in [5, 5.41) is 2.61. The van der Waals surface area contributed by atoms with Crippen molar-refractivity contribution in [3.63, 3.8) is 0 Å². The number of nitrogens with one attached hydrogen (secondary N) is 1. The molecule has 0 spiro atoms. The van der Waals surface area contributed by atoms with Crippen LogP contribution in [0, 0.1) is 0 Å². The van der Waals surface area contributed by atoms with E-state index in [1.54, 1.807) is 12.1 Å². The molecule has 1 amide bonds. The minimum Gasteiger partial charge on any atom is -0.465 e. The number of carbonyl (C=O) groups is 3. The Balaban J connectivity index is 1.87. The van der Waals surface area contributed by atoms with Gasteiger partial charge in [-0.3, -0.25) is 9.59 Å². The first-order chi connectivity index (χ1) is 12.5. The summed E-state index contributed by atoms with van der Waals surface area (Å²) in [6, 6.07) is 15.5. The van der Waals surface area contributed by atoms with Gasteiger partial charge >= 0.3 is 11.9 Å². The third-order valence-corrected chi connectivity index (χ3v) is 3.83. The zero-order chi connectivity index (χ0) is 18.9. The van der Waals surface area contributed by atoms with Gasteiger partial charge in [0.25, 0.3) is 5.91 Å². The van der Waals surface area contributed by atoms with Crippen LogP contribution in [0.2, 0.25) is 0 Å². The van der Waals surface area contributed by atoms with E-state index in [1.165, 1.54) is 19.2 Å². The average Bonchev–Trinajstić information content (AvgIpc) is 2.68. The Morgan fingerprint density at radius 2 is 1.65 bits per heavy atom. The van der Waals surface area contributed by atoms with E-state index in [1.807, 2.05) is 37.3 Å². The van der Waals surface area contributed by atoms with Gasteiger partial charge in [0.1, 0.15) is 0 Å². The largest absolute Gasteiger partial charge is 0.465 e. The van der Waals surface area contributed by atoms with Crippen LogP contribution >= 0.6 is 0 Å². The lowest BCUT2D eigenvalue weighted by Crippen LogP contribution is -2.23. The molecular weight excluding hydrogens is 334 g/mol. The van der Waals surface area contributed by atoms with Gasteiger partial charge in [-0.05, 0) is 36.2 Å². The molecule has 6 nitrogen and oxygen atoms in total. The lowest BCUT2D eigenvalue weighted by Gasteiger charge is -2.14. The highest BCUT2D eigenvalue weighted by atomic mass is 16.5. The second kappa shape index (κ2) is 9.36. The van der Waals surface area contributed by atoms with E-state index in [0.717, 1.165) is 5.56 Å².